The van der Waals surface area contributed by atoms with Crippen LogP contribution in [0.2, 0.25) is 0 Å². The summed E-state index contributed by atoms with van der Waals surface area (Å²) in [6.45, 7) is 4.96. The van der Waals surface area contributed by atoms with Crippen LogP contribution in [0.25, 0.3) is 0 Å². The van der Waals surface area contributed by atoms with Gasteiger partial charge in [0.05, 0.1) is 6.61 Å². The molecule has 0 aromatic heterocycles. The Morgan fingerprint density at radius 1 is 1.67 bits per heavy atom. The highest BCUT2D eigenvalue weighted by molar-refractivity contribution is 4.72. The molecule has 2 heteroatoms. The van der Waals surface area contributed by atoms with Gasteiger partial charge in [-0.05, 0) is 26.3 Å². The normalized spacial score (nSPS) is 27.0. The van der Waals surface area contributed by atoms with Gasteiger partial charge in [0.1, 0.15) is 0 Å². The SMILES string of the molecule is CCOC[C@@H]1CCCN1. The van der Waals surface area contributed by atoms with E-state index >= 15 is 0 Å². The predicted molar refractivity (Wildman–Crippen MR) is 37.5 cm³/mol. The van der Waals surface area contributed by atoms with Gasteiger partial charge in [0, 0.05) is 12.6 Å². The van der Waals surface area contributed by atoms with Gasteiger partial charge in [-0.25, -0.2) is 0 Å². The first-order chi connectivity index (χ1) is 4.43. The Morgan fingerprint density at radius 2 is 2.56 bits per heavy atom. The van der Waals surface area contributed by atoms with Gasteiger partial charge in [-0.3, -0.25) is 0 Å². The lowest BCUT2D eigenvalue weighted by atomic mass is 10.2. The fraction of sp³-hybridized carbons (Fsp3) is 1.00. The Labute approximate surface area is 56.6 Å². The molecule has 1 fully saturated rings. The van der Waals surface area contributed by atoms with Gasteiger partial charge in [0.15, 0.2) is 0 Å². The zero-order chi connectivity index (χ0) is 6.53. The van der Waals surface area contributed by atoms with E-state index in [0.717, 1.165) is 13.2 Å². The van der Waals surface area contributed by atoms with Crippen molar-refractivity contribution < 1.29 is 4.74 Å². The summed E-state index contributed by atoms with van der Waals surface area (Å²) in [6, 6.07) is 0.643. The van der Waals surface area contributed by atoms with Gasteiger partial charge < -0.3 is 10.1 Å². The lowest BCUT2D eigenvalue weighted by Crippen LogP contribution is -2.26. The largest absolute Gasteiger partial charge is 0.380 e. The van der Waals surface area contributed by atoms with Gasteiger partial charge in [-0.1, -0.05) is 0 Å². The smallest absolute Gasteiger partial charge is 0.0619 e. The average molecular weight is 129 g/mol. The highest BCUT2D eigenvalue weighted by Crippen LogP contribution is 2.04. The van der Waals surface area contributed by atoms with E-state index in [1.807, 2.05) is 6.92 Å². The molecule has 0 aliphatic carbocycles. The molecule has 1 N–H and O–H groups in total. The molecule has 0 unspecified atom stereocenters. The first-order valence-electron chi connectivity index (χ1n) is 3.74. The fourth-order valence-corrected chi connectivity index (χ4v) is 1.16. The summed E-state index contributed by atoms with van der Waals surface area (Å²) in [7, 11) is 0. The minimum Gasteiger partial charge on any atom is -0.380 e. The third kappa shape index (κ3) is 2.33. The number of nitrogens with one attached hydrogen (secondary N) is 1. The fourth-order valence-electron chi connectivity index (χ4n) is 1.16. The van der Waals surface area contributed by atoms with E-state index in [1.165, 1.54) is 19.4 Å². The monoisotopic (exact) mass is 129 g/mol. The number of hydrogen-bond donors (Lipinski definition) is 1. The molecule has 2 nitrogen and oxygen atoms in total. The molecule has 0 aromatic carbocycles. The summed E-state index contributed by atoms with van der Waals surface area (Å²) in [5.74, 6) is 0. The molecule has 1 aliphatic rings. The number of rotatable bonds is 3. The highest BCUT2D eigenvalue weighted by Gasteiger charge is 2.12. The molecule has 1 rings (SSSR count). The van der Waals surface area contributed by atoms with Gasteiger partial charge in [0.2, 0.25) is 0 Å². The lowest BCUT2D eigenvalue weighted by Gasteiger charge is -2.08. The summed E-state index contributed by atoms with van der Waals surface area (Å²) in [6.07, 6.45) is 2.61. The molecule has 1 aliphatic heterocycles. The van der Waals surface area contributed by atoms with E-state index in [-0.39, 0.29) is 0 Å². The molecule has 9 heavy (non-hydrogen) atoms. The Morgan fingerprint density at radius 3 is 3.11 bits per heavy atom. The molecule has 54 valence electrons. The van der Waals surface area contributed by atoms with Gasteiger partial charge in [0.25, 0.3) is 0 Å². The quantitative estimate of drug-likeness (QED) is 0.608. The van der Waals surface area contributed by atoms with E-state index in [1.54, 1.807) is 0 Å². The van der Waals surface area contributed by atoms with E-state index in [4.69, 9.17) is 4.74 Å². The molecule has 0 spiro atoms. The zero-order valence-electron chi connectivity index (χ0n) is 6.02. The summed E-state index contributed by atoms with van der Waals surface area (Å²) in [4.78, 5) is 0. The third-order valence-electron chi connectivity index (χ3n) is 1.69. The maximum absolute atomic E-state index is 5.25. The standard InChI is InChI=1S/C7H15NO/c1-2-9-6-7-4-3-5-8-7/h7-8H,2-6H2,1H3/t7-/m0/s1. The van der Waals surface area contributed by atoms with Crippen LogP contribution in [0.3, 0.4) is 0 Å². The Bertz CT molecular complexity index is 69.3. The Hall–Kier alpha value is -0.0800. The molecule has 1 saturated heterocycles. The molecule has 1 atom stereocenters. The summed E-state index contributed by atoms with van der Waals surface area (Å²) < 4.78 is 5.25. The third-order valence-corrected chi connectivity index (χ3v) is 1.69. The molecule has 0 saturated carbocycles. The molecule has 0 amide bonds. The lowest BCUT2D eigenvalue weighted by molar-refractivity contribution is 0.128. The van der Waals surface area contributed by atoms with Gasteiger partial charge in [-0.15, -0.1) is 0 Å². The van der Waals surface area contributed by atoms with Crippen LogP contribution in [-0.2, 0) is 4.74 Å². The second-order valence-electron chi connectivity index (χ2n) is 2.45. The van der Waals surface area contributed by atoms with Crippen molar-refractivity contribution in [2.24, 2.45) is 0 Å². The summed E-state index contributed by atoms with van der Waals surface area (Å²) in [5.41, 5.74) is 0. The maximum Gasteiger partial charge on any atom is 0.0619 e. The van der Waals surface area contributed by atoms with E-state index in [0.29, 0.717) is 6.04 Å². The van der Waals surface area contributed by atoms with Crippen molar-refractivity contribution in [3.8, 4) is 0 Å². The first kappa shape index (κ1) is 7.03. The van der Waals surface area contributed by atoms with Crippen LogP contribution in [0.15, 0.2) is 0 Å². The van der Waals surface area contributed by atoms with Gasteiger partial charge in [-0.2, -0.15) is 0 Å². The van der Waals surface area contributed by atoms with Crippen molar-refractivity contribution >= 4 is 0 Å². The van der Waals surface area contributed by atoms with Crippen molar-refractivity contribution in [3.05, 3.63) is 0 Å². The van der Waals surface area contributed by atoms with Crippen LogP contribution in [-0.4, -0.2) is 25.8 Å². The topological polar surface area (TPSA) is 21.3 Å². The van der Waals surface area contributed by atoms with Crippen molar-refractivity contribution in [1.82, 2.24) is 5.32 Å². The van der Waals surface area contributed by atoms with Crippen molar-refractivity contribution in [2.75, 3.05) is 19.8 Å². The summed E-state index contributed by atoms with van der Waals surface area (Å²) in [5, 5.41) is 3.37. The second-order valence-corrected chi connectivity index (χ2v) is 2.45. The van der Waals surface area contributed by atoms with Crippen LogP contribution in [0, 0.1) is 0 Å². The summed E-state index contributed by atoms with van der Waals surface area (Å²) >= 11 is 0. The van der Waals surface area contributed by atoms with Crippen LogP contribution < -0.4 is 5.32 Å². The van der Waals surface area contributed by atoms with Crippen molar-refractivity contribution in [1.29, 1.82) is 0 Å². The number of ether oxygens (including phenoxy) is 1. The molecule has 0 radical (unpaired) electrons. The maximum atomic E-state index is 5.25. The molecule has 0 aromatic rings. The van der Waals surface area contributed by atoms with E-state index < -0.39 is 0 Å². The first-order valence-corrected chi connectivity index (χ1v) is 3.74. The van der Waals surface area contributed by atoms with E-state index in [9.17, 15) is 0 Å². The van der Waals surface area contributed by atoms with Crippen LogP contribution >= 0.6 is 0 Å². The van der Waals surface area contributed by atoms with Crippen molar-refractivity contribution in [3.63, 3.8) is 0 Å². The van der Waals surface area contributed by atoms with Crippen LogP contribution in [0.5, 0.6) is 0 Å². The van der Waals surface area contributed by atoms with Crippen LogP contribution in [0.4, 0.5) is 0 Å². The Balaban J connectivity index is 1.98. The molecule has 1 heterocycles. The highest BCUT2D eigenvalue weighted by atomic mass is 16.5. The molecular formula is C7H15NO. The molecular weight excluding hydrogens is 114 g/mol. The van der Waals surface area contributed by atoms with Crippen molar-refractivity contribution in [2.45, 2.75) is 25.8 Å². The minimum absolute atomic E-state index is 0.643. The minimum atomic E-state index is 0.643. The molecule has 0 bridgehead atoms. The zero-order valence-corrected chi connectivity index (χ0v) is 6.02. The van der Waals surface area contributed by atoms with Gasteiger partial charge >= 0.3 is 0 Å². The second kappa shape index (κ2) is 3.85. The average Bonchev–Trinajstić information content (AvgIpc) is 2.34. The predicted octanol–water partition coefficient (Wildman–Crippen LogP) is 0.775. The Kier molecular flexibility index (Phi) is 3.01. The van der Waals surface area contributed by atoms with E-state index in [2.05, 4.69) is 5.32 Å². The number of hydrogen-bond acceptors (Lipinski definition) is 2. The van der Waals surface area contributed by atoms with Crippen LogP contribution in [0.1, 0.15) is 19.8 Å².